The van der Waals surface area contributed by atoms with Crippen LogP contribution in [0.4, 0.5) is 0 Å². The van der Waals surface area contributed by atoms with E-state index < -0.39 is 36.3 Å². The molecule has 1 aliphatic heterocycles. The summed E-state index contributed by atoms with van der Waals surface area (Å²) in [5.74, 6) is -2.36. The van der Waals surface area contributed by atoms with E-state index in [0.29, 0.717) is 6.42 Å². The van der Waals surface area contributed by atoms with E-state index in [4.69, 9.17) is 4.74 Å². The molecular formula is C23H24N2O5. The molecule has 1 heterocycles. The molecule has 0 fully saturated rings. The highest BCUT2D eigenvalue weighted by Crippen LogP contribution is 2.22. The Labute approximate surface area is 175 Å². The number of amides is 3. The van der Waals surface area contributed by atoms with Gasteiger partial charge in [-0.15, -0.1) is 0 Å². The predicted octanol–water partition coefficient (Wildman–Crippen LogP) is 2.56. The monoisotopic (exact) mass is 408 g/mol. The summed E-state index contributed by atoms with van der Waals surface area (Å²) in [6, 6.07) is 14.8. The van der Waals surface area contributed by atoms with Gasteiger partial charge < -0.3 is 10.1 Å². The van der Waals surface area contributed by atoms with Gasteiger partial charge in [0.2, 0.25) is 5.91 Å². The molecule has 0 saturated carbocycles. The predicted molar refractivity (Wildman–Crippen MR) is 109 cm³/mol. The van der Waals surface area contributed by atoms with Crippen molar-refractivity contribution in [3.05, 3.63) is 71.3 Å². The van der Waals surface area contributed by atoms with E-state index in [1.165, 1.54) is 0 Å². The molecular weight excluding hydrogens is 384 g/mol. The highest BCUT2D eigenvalue weighted by Gasteiger charge is 2.37. The Bertz CT molecular complexity index is 922. The Morgan fingerprint density at radius 2 is 1.53 bits per heavy atom. The molecule has 2 atom stereocenters. The number of fused-ring (bicyclic) bond motifs is 1. The van der Waals surface area contributed by atoms with Crippen molar-refractivity contribution in [3.8, 4) is 0 Å². The first-order chi connectivity index (χ1) is 14.4. The summed E-state index contributed by atoms with van der Waals surface area (Å²) in [7, 11) is 0. The third-order valence-electron chi connectivity index (χ3n) is 5.19. The van der Waals surface area contributed by atoms with Crippen LogP contribution in [-0.2, 0) is 20.9 Å². The number of esters is 1. The van der Waals surface area contributed by atoms with Crippen molar-refractivity contribution in [1.82, 2.24) is 10.2 Å². The van der Waals surface area contributed by atoms with Crippen molar-refractivity contribution in [2.75, 3.05) is 6.54 Å². The number of benzene rings is 2. The van der Waals surface area contributed by atoms with Gasteiger partial charge in [0.25, 0.3) is 11.8 Å². The van der Waals surface area contributed by atoms with Crippen LogP contribution >= 0.6 is 0 Å². The molecule has 0 spiro atoms. The van der Waals surface area contributed by atoms with Gasteiger partial charge in [-0.3, -0.25) is 19.3 Å². The Balaban J connectivity index is 1.63. The van der Waals surface area contributed by atoms with E-state index in [-0.39, 0.29) is 23.7 Å². The lowest BCUT2D eigenvalue weighted by molar-refractivity contribution is -0.150. The van der Waals surface area contributed by atoms with Crippen LogP contribution in [0.3, 0.4) is 0 Å². The summed E-state index contributed by atoms with van der Waals surface area (Å²) in [6.45, 7) is 3.38. The first-order valence-corrected chi connectivity index (χ1v) is 9.87. The highest BCUT2D eigenvalue weighted by molar-refractivity contribution is 6.22. The first kappa shape index (κ1) is 21.2. The van der Waals surface area contributed by atoms with Crippen LogP contribution in [0.2, 0.25) is 0 Å². The number of carbonyl (C=O) groups is 4. The zero-order valence-corrected chi connectivity index (χ0v) is 17.0. The summed E-state index contributed by atoms with van der Waals surface area (Å²) in [5, 5.41) is 2.64. The van der Waals surface area contributed by atoms with Gasteiger partial charge in [0.05, 0.1) is 11.1 Å². The number of nitrogens with zero attached hydrogens (tertiary/aromatic N) is 1. The minimum atomic E-state index is -0.874. The van der Waals surface area contributed by atoms with Crippen molar-refractivity contribution in [1.29, 1.82) is 0 Å². The Morgan fingerprint density at radius 3 is 2.10 bits per heavy atom. The van der Waals surface area contributed by atoms with Crippen molar-refractivity contribution in [3.63, 3.8) is 0 Å². The summed E-state index contributed by atoms with van der Waals surface area (Å²) in [4.78, 5) is 51.0. The van der Waals surface area contributed by atoms with Gasteiger partial charge in [-0.25, -0.2) is 4.79 Å². The van der Waals surface area contributed by atoms with Crippen molar-refractivity contribution >= 4 is 23.7 Å². The lowest BCUT2D eigenvalue weighted by atomic mass is 9.99. The van der Waals surface area contributed by atoms with Gasteiger partial charge in [0.15, 0.2) is 0 Å². The molecule has 3 amide bonds. The molecule has 2 aromatic rings. The smallest absolute Gasteiger partial charge is 0.329 e. The second-order valence-electron chi connectivity index (χ2n) is 7.27. The average Bonchev–Trinajstić information content (AvgIpc) is 3.01. The van der Waals surface area contributed by atoms with Crippen LogP contribution in [0.1, 0.15) is 46.5 Å². The molecule has 156 valence electrons. The number of carbonyl (C=O) groups excluding carboxylic acids is 4. The summed E-state index contributed by atoms with van der Waals surface area (Å²) >= 11 is 0. The Kier molecular flexibility index (Phi) is 6.61. The van der Waals surface area contributed by atoms with Crippen LogP contribution in [0, 0.1) is 5.92 Å². The van der Waals surface area contributed by atoms with Crippen molar-refractivity contribution in [2.45, 2.75) is 32.9 Å². The fraction of sp³-hybridized carbons (Fsp3) is 0.304. The number of imide groups is 1. The molecule has 0 saturated heterocycles. The second kappa shape index (κ2) is 9.35. The normalized spacial score (nSPS) is 14.8. The molecule has 3 rings (SSSR count). The maximum absolute atomic E-state index is 12.6. The average molecular weight is 408 g/mol. The standard InChI is InChI=1S/C23H24N2O5/c1-3-15(2)20(23(29)30-14-16-9-5-4-6-10-16)24-19(26)13-25-21(27)17-11-7-8-12-18(17)22(25)28/h4-12,15,20H,3,13-14H2,1-2H3,(H,24,26). The molecule has 1 aliphatic rings. The van der Waals surface area contributed by atoms with Crippen LogP contribution in [0.25, 0.3) is 0 Å². The van der Waals surface area contributed by atoms with Gasteiger partial charge in [0.1, 0.15) is 19.2 Å². The lowest BCUT2D eigenvalue weighted by Gasteiger charge is -2.24. The van der Waals surface area contributed by atoms with Crippen molar-refractivity contribution in [2.24, 2.45) is 5.92 Å². The number of hydrogen-bond acceptors (Lipinski definition) is 5. The molecule has 30 heavy (non-hydrogen) atoms. The molecule has 2 unspecified atom stereocenters. The fourth-order valence-corrected chi connectivity index (χ4v) is 3.23. The molecule has 0 radical (unpaired) electrons. The summed E-state index contributed by atoms with van der Waals surface area (Å²) in [5.41, 5.74) is 1.39. The first-order valence-electron chi connectivity index (χ1n) is 9.87. The van der Waals surface area contributed by atoms with E-state index in [1.54, 1.807) is 24.3 Å². The summed E-state index contributed by atoms with van der Waals surface area (Å²) in [6.07, 6.45) is 0.637. The third-order valence-corrected chi connectivity index (χ3v) is 5.19. The number of hydrogen-bond donors (Lipinski definition) is 1. The fourth-order valence-electron chi connectivity index (χ4n) is 3.23. The zero-order chi connectivity index (χ0) is 21.7. The zero-order valence-electron chi connectivity index (χ0n) is 17.0. The molecule has 0 bridgehead atoms. The number of rotatable bonds is 8. The van der Waals surface area contributed by atoms with Gasteiger partial charge in [-0.2, -0.15) is 0 Å². The van der Waals surface area contributed by atoms with E-state index in [2.05, 4.69) is 5.32 Å². The Hall–Kier alpha value is -3.48. The quantitative estimate of drug-likeness (QED) is 0.535. The van der Waals surface area contributed by atoms with E-state index >= 15 is 0 Å². The SMILES string of the molecule is CCC(C)C(NC(=O)CN1C(=O)c2ccccc2C1=O)C(=O)OCc1ccccc1. The topological polar surface area (TPSA) is 92.8 Å². The number of ether oxygens (including phenoxy) is 1. The molecule has 7 nitrogen and oxygen atoms in total. The van der Waals surface area contributed by atoms with Gasteiger partial charge in [-0.1, -0.05) is 62.7 Å². The van der Waals surface area contributed by atoms with E-state index in [0.717, 1.165) is 10.5 Å². The Morgan fingerprint density at radius 1 is 0.967 bits per heavy atom. The van der Waals surface area contributed by atoms with Crippen LogP contribution in [0.5, 0.6) is 0 Å². The van der Waals surface area contributed by atoms with Crippen LogP contribution in [-0.4, -0.2) is 41.2 Å². The maximum Gasteiger partial charge on any atom is 0.329 e. The molecule has 2 aromatic carbocycles. The molecule has 0 aromatic heterocycles. The highest BCUT2D eigenvalue weighted by atomic mass is 16.5. The number of nitrogens with one attached hydrogen (secondary N) is 1. The molecule has 1 N–H and O–H groups in total. The largest absolute Gasteiger partial charge is 0.459 e. The van der Waals surface area contributed by atoms with Gasteiger partial charge in [-0.05, 0) is 23.6 Å². The van der Waals surface area contributed by atoms with Crippen LogP contribution < -0.4 is 5.32 Å². The van der Waals surface area contributed by atoms with Crippen LogP contribution in [0.15, 0.2) is 54.6 Å². The second-order valence-corrected chi connectivity index (χ2v) is 7.27. The lowest BCUT2D eigenvalue weighted by Crippen LogP contribution is -2.50. The van der Waals surface area contributed by atoms with E-state index in [1.807, 2.05) is 44.2 Å². The minimum Gasteiger partial charge on any atom is -0.459 e. The van der Waals surface area contributed by atoms with E-state index in [9.17, 15) is 19.2 Å². The molecule has 7 heteroatoms. The third kappa shape index (κ3) is 4.56. The van der Waals surface area contributed by atoms with Gasteiger partial charge >= 0.3 is 5.97 Å². The summed E-state index contributed by atoms with van der Waals surface area (Å²) < 4.78 is 5.38. The molecule has 0 aliphatic carbocycles. The minimum absolute atomic E-state index is 0.0981. The maximum atomic E-state index is 12.6. The van der Waals surface area contributed by atoms with Crippen molar-refractivity contribution < 1.29 is 23.9 Å². The van der Waals surface area contributed by atoms with Gasteiger partial charge in [0, 0.05) is 0 Å².